The van der Waals surface area contributed by atoms with Crippen LogP contribution >= 0.6 is 0 Å². The Morgan fingerprint density at radius 1 is 0.710 bits per heavy atom. The number of carbonyl (C=O) groups is 1. The first kappa shape index (κ1) is 24.8. The van der Waals surface area contributed by atoms with E-state index in [4.69, 9.17) is 0 Å². The van der Waals surface area contributed by atoms with E-state index in [0.717, 1.165) is 29.6 Å². The van der Waals surface area contributed by atoms with Crippen molar-refractivity contribution >= 4 is 5.91 Å². The normalized spacial score (nSPS) is 34.3. The average molecular weight is 430 g/mol. The second-order valence-electron chi connectivity index (χ2n) is 11.6. The summed E-state index contributed by atoms with van der Waals surface area (Å²) >= 11 is 0. The monoisotopic (exact) mass is 429 g/mol. The molecule has 0 aromatic rings. The highest BCUT2D eigenvalue weighted by atomic mass is 16.1. The van der Waals surface area contributed by atoms with Crippen LogP contribution in [0.5, 0.6) is 0 Å². The molecule has 3 saturated carbocycles. The summed E-state index contributed by atoms with van der Waals surface area (Å²) in [6.45, 7) is 7.89. The van der Waals surface area contributed by atoms with Gasteiger partial charge in [0, 0.05) is 11.6 Å². The van der Waals surface area contributed by atoms with Gasteiger partial charge in [0.05, 0.1) is 0 Å². The third kappa shape index (κ3) is 8.25. The first-order valence-corrected chi connectivity index (χ1v) is 14.0. The number of rotatable bonds is 10. The lowest BCUT2D eigenvalue weighted by Gasteiger charge is -2.38. The molecule has 0 aromatic heterocycles. The topological polar surface area (TPSA) is 29.1 Å². The standard InChI is InChI=1S/C29H51NO/c1-4-5-6-7-23-8-10-24(11-9-23)12-13-25-14-16-26(17-15-25)27-18-20-28(21-19-27)30-29(31)22(2)3/h23-28H,2,4-21H2,1,3H3,(H,30,31). The van der Waals surface area contributed by atoms with Crippen molar-refractivity contribution in [2.24, 2.45) is 29.6 Å². The summed E-state index contributed by atoms with van der Waals surface area (Å²) in [6.07, 6.45) is 25.8. The van der Waals surface area contributed by atoms with Gasteiger partial charge in [0.15, 0.2) is 0 Å². The van der Waals surface area contributed by atoms with E-state index in [1.807, 2.05) is 0 Å². The van der Waals surface area contributed by atoms with Crippen LogP contribution in [0.15, 0.2) is 12.2 Å². The molecular formula is C29H51NO. The second kappa shape index (κ2) is 13.0. The Morgan fingerprint density at radius 2 is 1.16 bits per heavy atom. The highest BCUT2D eigenvalue weighted by Crippen LogP contribution is 2.42. The molecule has 178 valence electrons. The van der Waals surface area contributed by atoms with Gasteiger partial charge in [-0.15, -0.1) is 0 Å². The van der Waals surface area contributed by atoms with Gasteiger partial charge in [-0.2, -0.15) is 0 Å². The Bertz CT molecular complexity index is 531. The minimum atomic E-state index is 0.0499. The Hall–Kier alpha value is -0.790. The lowest BCUT2D eigenvalue weighted by Crippen LogP contribution is -2.39. The molecule has 0 heterocycles. The van der Waals surface area contributed by atoms with Gasteiger partial charge in [-0.3, -0.25) is 4.79 Å². The van der Waals surface area contributed by atoms with Crippen molar-refractivity contribution in [1.29, 1.82) is 0 Å². The van der Waals surface area contributed by atoms with Gasteiger partial charge in [0.25, 0.3) is 0 Å². The van der Waals surface area contributed by atoms with Crippen molar-refractivity contribution in [3.05, 3.63) is 12.2 Å². The highest BCUT2D eigenvalue weighted by molar-refractivity contribution is 5.92. The Kier molecular flexibility index (Phi) is 10.5. The maximum Gasteiger partial charge on any atom is 0.246 e. The Balaban J connectivity index is 1.25. The van der Waals surface area contributed by atoms with Crippen LogP contribution in [-0.2, 0) is 4.79 Å². The summed E-state index contributed by atoms with van der Waals surface area (Å²) < 4.78 is 0. The van der Waals surface area contributed by atoms with Crippen LogP contribution in [0.3, 0.4) is 0 Å². The molecule has 1 N–H and O–H groups in total. The molecule has 0 aromatic carbocycles. The summed E-state index contributed by atoms with van der Waals surface area (Å²) in [5.74, 6) is 5.06. The van der Waals surface area contributed by atoms with Crippen LogP contribution in [-0.4, -0.2) is 11.9 Å². The lowest BCUT2D eigenvalue weighted by atomic mass is 9.69. The van der Waals surface area contributed by atoms with Crippen LogP contribution in [0.4, 0.5) is 0 Å². The first-order valence-electron chi connectivity index (χ1n) is 14.0. The van der Waals surface area contributed by atoms with E-state index in [0.29, 0.717) is 11.6 Å². The van der Waals surface area contributed by atoms with Gasteiger partial charge < -0.3 is 5.32 Å². The number of hydrogen-bond donors (Lipinski definition) is 1. The maximum atomic E-state index is 11.9. The molecule has 3 aliphatic rings. The summed E-state index contributed by atoms with van der Waals surface area (Å²) in [6, 6.07) is 0.388. The van der Waals surface area contributed by atoms with Gasteiger partial charge >= 0.3 is 0 Å². The summed E-state index contributed by atoms with van der Waals surface area (Å²) in [5.41, 5.74) is 0.639. The maximum absolute atomic E-state index is 11.9. The molecular weight excluding hydrogens is 378 g/mol. The van der Waals surface area contributed by atoms with Crippen molar-refractivity contribution in [2.45, 2.75) is 135 Å². The zero-order valence-electron chi connectivity index (χ0n) is 20.8. The quantitative estimate of drug-likeness (QED) is 0.275. The molecule has 0 spiro atoms. The molecule has 1 amide bonds. The largest absolute Gasteiger partial charge is 0.350 e. The zero-order valence-corrected chi connectivity index (χ0v) is 20.8. The third-order valence-corrected chi connectivity index (χ3v) is 9.22. The van der Waals surface area contributed by atoms with Gasteiger partial charge in [0.1, 0.15) is 0 Å². The van der Waals surface area contributed by atoms with E-state index < -0.39 is 0 Å². The molecule has 0 saturated heterocycles. The average Bonchev–Trinajstić information content (AvgIpc) is 2.79. The summed E-state index contributed by atoms with van der Waals surface area (Å²) in [4.78, 5) is 11.9. The molecule has 0 unspecified atom stereocenters. The fourth-order valence-electron chi connectivity index (χ4n) is 6.96. The van der Waals surface area contributed by atoms with E-state index in [9.17, 15) is 4.79 Å². The van der Waals surface area contributed by atoms with E-state index in [1.165, 1.54) is 116 Å². The van der Waals surface area contributed by atoms with Crippen LogP contribution < -0.4 is 5.32 Å². The van der Waals surface area contributed by atoms with Crippen LogP contribution in [0.2, 0.25) is 0 Å². The fourth-order valence-corrected chi connectivity index (χ4v) is 6.96. The Labute approximate surface area is 193 Å². The number of unbranched alkanes of at least 4 members (excludes halogenated alkanes) is 2. The Morgan fingerprint density at radius 3 is 1.65 bits per heavy atom. The van der Waals surface area contributed by atoms with Gasteiger partial charge in [-0.1, -0.05) is 90.6 Å². The summed E-state index contributed by atoms with van der Waals surface area (Å²) in [7, 11) is 0. The molecule has 2 nitrogen and oxygen atoms in total. The molecule has 3 aliphatic carbocycles. The molecule has 3 fully saturated rings. The number of amides is 1. The second-order valence-corrected chi connectivity index (χ2v) is 11.6. The fraction of sp³-hybridized carbons (Fsp3) is 0.897. The van der Waals surface area contributed by atoms with Crippen molar-refractivity contribution in [3.63, 3.8) is 0 Å². The van der Waals surface area contributed by atoms with E-state index >= 15 is 0 Å². The van der Waals surface area contributed by atoms with E-state index in [-0.39, 0.29) is 5.91 Å². The predicted octanol–water partition coefficient (Wildman–Crippen LogP) is 8.21. The van der Waals surface area contributed by atoms with Crippen molar-refractivity contribution in [1.82, 2.24) is 5.32 Å². The molecule has 3 rings (SSSR count). The minimum Gasteiger partial charge on any atom is -0.350 e. The molecule has 0 bridgehead atoms. The van der Waals surface area contributed by atoms with E-state index in [1.54, 1.807) is 6.92 Å². The smallest absolute Gasteiger partial charge is 0.246 e. The van der Waals surface area contributed by atoms with Crippen LogP contribution in [0.25, 0.3) is 0 Å². The highest BCUT2D eigenvalue weighted by Gasteiger charge is 2.31. The SMILES string of the molecule is C=C(C)C(=O)NC1CCC(C2CCC(CCC3CCC(CCCCC)CC3)CC2)CC1. The van der Waals surface area contributed by atoms with Crippen molar-refractivity contribution in [3.8, 4) is 0 Å². The third-order valence-electron chi connectivity index (χ3n) is 9.22. The van der Waals surface area contributed by atoms with Crippen LogP contribution in [0.1, 0.15) is 129 Å². The van der Waals surface area contributed by atoms with Crippen molar-refractivity contribution in [2.75, 3.05) is 0 Å². The number of hydrogen-bond acceptors (Lipinski definition) is 1. The van der Waals surface area contributed by atoms with Crippen LogP contribution in [0, 0.1) is 29.6 Å². The zero-order chi connectivity index (χ0) is 22.1. The first-order chi connectivity index (χ1) is 15.0. The molecule has 31 heavy (non-hydrogen) atoms. The minimum absolute atomic E-state index is 0.0499. The number of nitrogens with one attached hydrogen (secondary N) is 1. The molecule has 0 aliphatic heterocycles. The summed E-state index contributed by atoms with van der Waals surface area (Å²) in [5, 5.41) is 3.17. The predicted molar refractivity (Wildman–Crippen MR) is 133 cm³/mol. The molecule has 0 atom stereocenters. The van der Waals surface area contributed by atoms with Gasteiger partial charge in [-0.05, 0) is 75.0 Å². The molecule has 2 heteroatoms. The molecule has 0 radical (unpaired) electrons. The lowest BCUT2D eigenvalue weighted by molar-refractivity contribution is -0.118. The van der Waals surface area contributed by atoms with E-state index in [2.05, 4.69) is 18.8 Å². The van der Waals surface area contributed by atoms with Gasteiger partial charge in [-0.25, -0.2) is 0 Å². The van der Waals surface area contributed by atoms with Gasteiger partial charge in [0.2, 0.25) is 5.91 Å². The van der Waals surface area contributed by atoms with Crippen molar-refractivity contribution < 1.29 is 4.79 Å². The number of carbonyl (C=O) groups excluding carboxylic acids is 1.